The molecule has 5 nitrogen and oxygen atoms in total. The zero-order valence-electron chi connectivity index (χ0n) is 18.2. The number of primary amides is 1. The van der Waals surface area contributed by atoms with Gasteiger partial charge in [0, 0.05) is 34.2 Å². The van der Waals surface area contributed by atoms with Crippen LogP contribution >= 0.6 is 11.6 Å². The monoisotopic (exact) mass is 470 g/mol. The Morgan fingerprint density at radius 2 is 1.82 bits per heavy atom. The summed E-state index contributed by atoms with van der Waals surface area (Å²) < 4.78 is 42.1. The summed E-state index contributed by atoms with van der Waals surface area (Å²) in [6.45, 7) is 1.78. The lowest BCUT2D eigenvalue weighted by atomic mass is 9.89. The molecule has 0 saturated carbocycles. The van der Waals surface area contributed by atoms with Crippen molar-refractivity contribution >= 4 is 28.5 Å². The molecule has 0 saturated heterocycles. The summed E-state index contributed by atoms with van der Waals surface area (Å²) in [4.78, 5) is 12.2. The highest BCUT2D eigenvalue weighted by atomic mass is 35.5. The normalized spacial score (nSPS) is 11.2. The van der Waals surface area contributed by atoms with Crippen LogP contribution in [0.4, 0.5) is 8.78 Å². The highest BCUT2D eigenvalue weighted by Crippen LogP contribution is 2.47. The van der Waals surface area contributed by atoms with Crippen LogP contribution in [0.2, 0.25) is 5.02 Å². The Balaban J connectivity index is 2.24. The van der Waals surface area contributed by atoms with Crippen LogP contribution in [0.5, 0.6) is 5.75 Å². The third-order valence-corrected chi connectivity index (χ3v) is 5.92. The Kier molecular flexibility index (Phi) is 6.10. The Morgan fingerprint density at radius 1 is 1.12 bits per heavy atom. The maximum Gasteiger partial charge on any atom is 0.249 e. The minimum Gasteiger partial charge on any atom is -0.494 e. The number of nitrogens with two attached hydrogens (primary N) is 1. The van der Waals surface area contributed by atoms with Crippen molar-refractivity contribution in [3.05, 3.63) is 75.8 Å². The van der Waals surface area contributed by atoms with E-state index in [2.05, 4.69) is 5.32 Å². The average molecular weight is 471 g/mol. The number of carbonyl (C=O) groups excluding carboxylic acids is 1. The van der Waals surface area contributed by atoms with Gasteiger partial charge in [-0.25, -0.2) is 8.78 Å². The second kappa shape index (κ2) is 8.84. The van der Waals surface area contributed by atoms with Crippen LogP contribution in [0.3, 0.4) is 0 Å². The molecule has 3 N–H and O–H groups in total. The molecule has 1 amide bonds. The molecule has 4 rings (SSSR count). The van der Waals surface area contributed by atoms with E-state index in [1.165, 1.54) is 26.2 Å². The smallest absolute Gasteiger partial charge is 0.249 e. The van der Waals surface area contributed by atoms with E-state index < -0.39 is 17.5 Å². The van der Waals surface area contributed by atoms with E-state index in [1.807, 2.05) is 30.3 Å². The van der Waals surface area contributed by atoms with E-state index in [0.29, 0.717) is 23.3 Å². The highest BCUT2D eigenvalue weighted by Gasteiger charge is 2.30. The van der Waals surface area contributed by atoms with Crippen molar-refractivity contribution < 1.29 is 22.7 Å². The Morgan fingerprint density at radius 3 is 2.42 bits per heavy atom. The van der Waals surface area contributed by atoms with Crippen molar-refractivity contribution in [1.29, 1.82) is 0 Å². The molecule has 0 fully saturated rings. The SMILES string of the molecule is CNCc1c(-c2ccccc2)oc2c(Cl)c(F)c(C)c(-c3c(C(N)=O)ccc(OC)c3F)c12. The fraction of sp³-hybridized carbons (Fsp3) is 0.160. The minimum absolute atomic E-state index is 0.0523. The fourth-order valence-corrected chi connectivity index (χ4v) is 4.37. The van der Waals surface area contributed by atoms with Crippen molar-refractivity contribution in [3.63, 3.8) is 0 Å². The van der Waals surface area contributed by atoms with Crippen molar-refractivity contribution in [1.82, 2.24) is 5.32 Å². The summed E-state index contributed by atoms with van der Waals surface area (Å²) in [5.74, 6) is -2.13. The largest absolute Gasteiger partial charge is 0.494 e. The first-order chi connectivity index (χ1) is 15.8. The first kappa shape index (κ1) is 22.8. The summed E-state index contributed by atoms with van der Waals surface area (Å²) in [6.07, 6.45) is 0. The molecule has 0 radical (unpaired) electrons. The standard InChI is InChI=1S/C25H21ClF2N2O3/c1-12-17(18-14(25(29)31)9-10-16(32-3)22(18)28)19-15(11-30-2)23(13-7-5-4-6-8-13)33-24(19)20(26)21(12)27/h4-10,30H,11H2,1-3H3,(H2,29,31). The molecule has 0 aliphatic heterocycles. The zero-order chi connectivity index (χ0) is 23.9. The number of rotatable bonds is 6. The molecule has 0 spiro atoms. The fourth-order valence-electron chi connectivity index (χ4n) is 4.09. The minimum atomic E-state index is -0.864. The molecule has 1 heterocycles. The number of amides is 1. The Bertz CT molecular complexity index is 1380. The van der Waals surface area contributed by atoms with Gasteiger partial charge in [-0.15, -0.1) is 0 Å². The lowest BCUT2D eigenvalue weighted by molar-refractivity contribution is 0.100. The number of hydrogen-bond donors (Lipinski definition) is 2. The molecule has 4 aromatic rings. The second-order valence-corrected chi connectivity index (χ2v) is 7.88. The van der Waals surface area contributed by atoms with Gasteiger partial charge in [0.2, 0.25) is 5.91 Å². The summed E-state index contributed by atoms with van der Waals surface area (Å²) in [7, 11) is 3.04. The maximum atomic E-state index is 15.6. The highest BCUT2D eigenvalue weighted by molar-refractivity contribution is 6.36. The first-order valence-electron chi connectivity index (χ1n) is 10.1. The lowest BCUT2D eigenvalue weighted by Gasteiger charge is -2.17. The van der Waals surface area contributed by atoms with Gasteiger partial charge >= 0.3 is 0 Å². The van der Waals surface area contributed by atoms with Crippen LogP contribution in [-0.2, 0) is 6.54 Å². The van der Waals surface area contributed by atoms with Crippen LogP contribution in [-0.4, -0.2) is 20.1 Å². The van der Waals surface area contributed by atoms with E-state index in [1.54, 1.807) is 7.05 Å². The zero-order valence-corrected chi connectivity index (χ0v) is 18.9. The van der Waals surface area contributed by atoms with Crippen molar-refractivity contribution in [2.75, 3.05) is 14.2 Å². The number of hydrogen-bond acceptors (Lipinski definition) is 4. The molecule has 170 valence electrons. The molecule has 0 bridgehead atoms. The molecular weight excluding hydrogens is 450 g/mol. The summed E-state index contributed by atoms with van der Waals surface area (Å²) in [5.41, 5.74) is 6.90. The Labute approximate surface area is 194 Å². The summed E-state index contributed by atoms with van der Waals surface area (Å²) >= 11 is 6.37. The molecule has 0 aliphatic carbocycles. The van der Waals surface area contributed by atoms with E-state index >= 15 is 8.78 Å². The van der Waals surface area contributed by atoms with Gasteiger partial charge in [-0.3, -0.25) is 4.79 Å². The van der Waals surface area contributed by atoms with E-state index in [0.717, 1.165) is 5.56 Å². The van der Waals surface area contributed by atoms with Crippen LogP contribution < -0.4 is 15.8 Å². The quantitative estimate of drug-likeness (QED) is 0.371. The number of carbonyl (C=O) groups is 1. The molecular formula is C25H21ClF2N2O3. The van der Waals surface area contributed by atoms with Crippen LogP contribution in [0.25, 0.3) is 33.4 Å². The van der Waals surface area contributed by atoms with Gasteiger partial charge in [0.25, 0.3) is 0 Å². The van der Waals surface area contributed by atoms with Gasteiger partial charge < -0.3 is 20.2 Å². The maximum absolute atomic E-state index is 15.6. The van der Waals surface area contributed by atoms with Crippen LogP contribution in [0.1, 0.15) is 21.5 Å². The predicted octanol–water partition coefficient (Wildman–Crippen LogP) is 5.83. The number of halogens is 3. The molecule has 8 heteroatoms. The number of benzene rings is 3. The summed E-state index contributed by atoms with van der Waals surface area (Å²) in [6, 6.07) is 11.9. The van der Waals surface area contributed by atoms with Crippen molar-refractivity contribution in [2.24, 2.45) is 5.73 Å². The van der Waals surface area contributed by atoms with Gasteiger partial charge in [0.15, 0.2) is 17.1 Å². The van der Waals surface area contributed by atoms with E-state index in [9.17, 15) is 4.79 Å². The topological polar surface area (TPSA) is 77.5 Å². The second-order valence-electron chi connectivity index (χ2n) is 7.51. The van der Waals surface area contributed by atoms with Crippen LogP contribution in [0, 0.1) is 18.6 Å². The van der Waals surface area contributed by atoms with Gasteiger partial charge in [-0.2, -0.15) is 0 Å². The lowest BCUT2D eigenvalue weighted by Crippen LogP contribution is -2.14. The molecule has 0 atom stereocenters. The van der Waals surface area contributed by atoms with Crippen LogP contribution in [0.15, 0.2) is 46.9 Å². The summed E-state index contributed by atoms with van der Waals surface area (Å²) in [5, 5.41) is 3.24. The van der Waals surface area contributed by atoms with E-state index in [4.69, 9.17) is 26.5 Å². The average Bonchev–Trinajstić information content (AvgIpc) is 3.18. The molecule has 0 unspecified atom stereocenters. The third-order valence-electron chi connectivity index (χ3n) is 5.58. The number of furan rings is 1. The number of ether oxygens (including phenoxy) is 1. The molecule has 1 aromatic heterocycles. The number of nitrogens with one attached hydrogen (secondary N) is 1. The van der Waals surface area contributed by atoms with E-state index in [-0.39, 0.29) is 38.6 Å². The number of methoxy groups -OCH3 is 1. The Hall–Kier alpha value is -3.42. The molecule has 3 aromatic carbocycles. The van der Waals surface area contributed by atoms with Gasteiger partial charge in [-0.05, 0) is 31.7 Å². The third kappa shape index (κ3) is 3.63. The van der Waals surface area contributed by atoms with Gasteiger partial charge in [0.05, 0.1) is 12.7 Å². The van der Waals surface area contributed by atoms with Crippen molar-refractivity contribution in [2.45, 2.75) is 13.5 Å². The molecule has 0 aliphatic rings. The predicted molar refractivity (Wildman–Crippen MR) is 125 cm³/mol. The first-order valence-corrected chi connectivity index (χ1v) is 10.5. The van der Waals surface area contributed by atoms with Gasteiger partial charge in [-0.1, -0.05) is 41.9 Å². The molecule has 33 heavy (non-hydrogen) atoms. The number of fused-ring (bicyclic) bond motifs is 1. The van der Waals surface area contributed by atoms with Crippen molar-refractivity contribution in [3.8, 4) is 28.2 Å². The van der Waals surface area contributed by atoms with Gasteiger partial charge in [0.1, 0.15) is 16.6 Å².